The van der Waals surface area contributed by atoms with Crippen LogP contribution >= 0.6 is 0 Å². The largest absolute Gasteiger partial charge is 0.507 e. The van der Waals surface area contributed by atoms with Gasteiger partial charge in [-0.15, -0.1) is 0 Å². The van der Waals surface area contributed by atoms with Crippen LogP contribution in [0.25, 0.3) is 0 Å². The Labute approximate surface area is 139 Å². The van der Waals surface area contributed by atoms with Crippen molar-refractivity contribution < 1.29 is 19.4 Å². The van der Waals surface area contributed by atoms with Crippen LogP contribution in [0.1, 0.15) is 26.3 Å². The van der Waals surface area contributed by atoms with E-state index in [9.17, 15) is 14.7 Å². The van der Waals surface area contributed by atoms with Gasteiger partial charge in [-0.2, -0.15) is 0 Å². The summed E-state index contributed by atoms with van der Waals surface area (Å²) in [6.07, 6.45) is 0. The molecule has 0 atom stereocenters. The van der Waals surface area contributed by atoms with Gasteiger partial charge in [0.1, 0.15) is 11.5 Å². The molecule has 0 aliphatic carbocycles. The Balaban J connectivity index is 1.87. The molecule has 4 heteroatoms. The van der Waals surface area contributed by atoms with E-state index in [1.165, 1.54) is 18.2 Å². The topological polar surface area (TPSA) is 63.6 Å². The van der Waals surface area contributed by atoms with Gasteiger partial charge in [-0.1, -0.05) is 48.5 Å². The molecule has 0 aromatic heterocycles. The van der Waals surface area contributed by atoms with E-state index in [4.69, 9.17) is 4.74 Å². The SMILES string of the molecule is O=C(Oc1ccc(O)c(C(=O)c2ccccc2)c1)c1ccccc1. The number of ketones is 1. The molecule has 0 aliphatic rings. The number of carbonyl (C=O) groups is 2. The number of hydrogen-bond donors (Lipinski definition) is 1. The lowest BCUT2D eigenvalue weighted by Gasteiger charge is -2.08. The predicted octanol–water partition coefficient (Wildman–Crippen LogP) is 3.84. The molecule has 24 heavy (non-hydrogen) atoms. The van der Waals surface area contributed by atoms with Crippen molar-refractivity contribution in [3.63, 3.8) is 0 Å². The maximum atomic E-state index is 12.5. The lowest BCUT2D eigenvalue weighted by molar-refractivity contribution is 0.0733. The second-order valence-corrected chi connectivity index (χ2v) is 5.13. The van der Waals surface area contributed by atoms with Crippen LogP contribution in [0.3, 0.4) is 0 Å². The van der Waals surface area contributed by atoms with Crippen LogP contribution in [0, 0.1) is 0 Å². The Bertz CT molecular complexity index is 871. The molecule has 3 aromatic rings. The average Bonchev–Trinajstić information content (AvgIpc) is 2.64. The van der Waals surface area contributed by atoms with Crippen LogP contribution in [0.2, 0.25) is 0 Å². The zero-order chi connectivity index (χ0) is 16.9. The second kappa shape index (κ2) is 6.79. The van der Waals surface area contributed by atoms with Crippen LogP contribution in [0.15, 0.2) is 78.9 Å². The first-order valence-electron chi connectivity index (χ1n) is 7.35. The molecule has 0 spiro atoms. The molecule has 0 radical (unpaired) electrons. The molecule has 118 valence electrons. The zero-order valence-corrected chi connectivity index (χ0v) is 12.7. The van der Waals surface area contributed by atoms with E-state index >= 15 is 0 Å². The van der Waals surface area contributed by atoms with E-state index in [1.807, 2.05) is 0 Å². The van der Waals surface area contributed by atoms with Crippen molar-refractivity contribution in [1.29, 1.82) is 0 Å². The number of ether oxygens (including phenoxy) is 1. The third kappa shape index (κ3) is 3.33. The number of carbonyl (C=O) groups excluding carboxylic acids is 2. The number of benzene rings is 3. The summed E-state index contributed by atoms with van der Waals surface area (Å²) in [6.45, 7) is 0. The van der Waals surface area contributed by atoms with Crippen LogP contribution in [0.4, 0.5) is 0 Å². The van der Waals surface area contributed by atoms with Crippen molar-refractivity contribution in [1.82, 2.24) is 0 Å². The van der Waals surface area contributed by atoms with Crippen molar-refractivity contribution in [3.05, 3.63) is 95.6 Å². The minimum atomic E-state index is -0.528. The Morgan fingerprint density at radius 1 is 0.750 bits per heavy atom. The molecule has 4 nitrogen and oxygen atoms in total. The standard InChI is InChI=1S/C20H14O4/c21-18-12-11-16(24-20(23)15-9-5-2-6-10-15)13-17(18)19(22)14-7-3-1-4-8-14/h1-13,21H. The van der Waals surface area contributed by atoms with Crippen LogP contribution in [-0.4, -0.2) is 16.9 Å². The highest BCUT2D eigenvalue weighted by Crippen LogP contribution is 2.26. The fraction of sp³-hybridized carbons (Fsp3) is 0. The lowest BCUT2D eigenvalue weighted by atomic mass is 10.0. The Kier molecular flexibility index (Phi) is 4.38. The van der Waals surface area contributed by atoms with Crippen molar-refractivity contribution in [3.8, 4) is 11.5 Å². The van der Waals surface area contributed by atoms with E-state index in [-0.39, 0.29) is 22.8 Å². The lowest BCUT2D eigenvalue weighted by Crippen LogP contribution is -2.09. The molecular formula is C20H14O4. The van der Waals surface area contributed by atoms with E-state index in [0.29, 0.717) is 11.1 Å². The van der Waals surface area contributed by atoms with Crippen LogP contribution < -0.4 is 4.74 Å². The fourth-order valence-electron chi connectivity index (χ4n) is 2.25. The van der Waals surface area contributed by atoms with Gasteiger partial charge < -0.3 is 9.84 Å². The van der Waals surface area contributed by atoms with E-state index in [1.54, 1.807) is 60.7 Å². The van der Waals surface area contributed by atoms with Crippen LogP contribution in [-0.2, 0) is 0 Å². The summed E-state index contributed by atoms with van der Waals surface area (Å²) in [5.41, 5.74) is 0.931. The molecular weight excluding hydrogens is 304 g/mol. The molecule has 1 N–H and O–H groups in total. The summed E-state index contributed by atoms with van der Waals surface area (Å²) in [6, 6.07) is 21.3. The molecule has 3 aromatic carbocycles. The molecule has 3 rings (SSSR count). The monoisotopic (exact) mass is 318 g/mol. The summed E-state index contributed by atoms with van der Waals surface area (Å²) in [7, 11) is 0. The van der Waals surface area contributed by atoms with Gasteiger partial charge in [-0.05, 0) is 30.3 Å². The smallest absolute Gasteiger partial charge is 0.343 e. The number of aromatic hydroxyl groups is 1. The van der Waals surface area contributed by atoms with Crippen molar-refractivity contribution in [2.45, 2.75) is 0 Å². The van der Waals surface area contributed by atoms with Crippen molar-refractivity contribution in [2.75, 3.05) is 0 Å². The number of phenolic OH excluding ortho intramolecular Hbond substituents is 1. The summed E-state index contributed by atoms with van der Waals surface area (Å²) in [5.74, 6) is -0.839. The number of rotatable bonds is 4. The van der Waals surface area contributed by atoms with Gasteiger partial charge in [0.2, 0.25) is 0 Å². The average molecular weight is 318 g/mol. The van der Waals surface area contributed by atoms with E-state index in [2.05, 4.69) is 0 Å². The zero-order valence-electron chi connectivity index (χ0n) is 12.7. The highest BCUT2D eigenvalue weighted by molar-refractivity contribution is 6.10. The predicted molar refractivity (Wildman–Crippen MR) is 89.4 cm³/mol. The molecule has 0 bridgehead atoms. The summed E-state index contributed by atoms with van der Waals surface area (Å²) in [4.78, 5) is 24.6. The first kappa shape index (κ1) is 15.5. The molecule has 0 saturated carbocycles. The minimum Gasteiger partial charge on any atom is -0.507 e. The quantitative estimate of drug-likeness (QED) is 0.451. The Hall–Kier alpha value is -3.40. The van der Waals surface area contributed by atoms with Gasteiger partial charge in [-0.25, -0.2) is 4.79 Å². The first-order chi connectivity index (χ1) is 11.6. The molecule has 0 fully saturated rings. The fourth-order valence-corrected chi connectivity index (χ4v) is 2.25. The maximum absolute atomic E-state index is 12.5. The Morgan fingerprint density at radius 3 is 1.96 bits per heavy atom. The molecule has 0 saturated heterocycles. The third-order valence-corrected chi connectivity index (χ3v) is 3.47. The summed E-state index contributed by atoms with van der Waals surface area (Å²) in [5, 5.41) is 9.96. The van der Waals surface area contributed by atoms with E-state index < -0.39 is 5.97 Å². The second-order valence-electron chi connectivity index (χ2n) is 5.13. The highest BCUT2D eigenvalue weighted by atomic mass is 16.5. The van der Waals surface area contributed by atoms with Gasteiger partial charge in [-0.3, -0.25) is 4.79 Å². The van der Waals surface area contributed by atoms with Gasteiger partial charge >= 0.3 is 5.97 Å². The molecule has 0 aliphatic heterocycles. The highest BCUT2D eigenvalue weighted by Gasteiger charge is 2.16. The van der Waals surface area contributed by atoms with Crippen molar-refractivity contribution >= 4 is 11.8 Å². The van der Waals surface area contributed by atoms with Gasteiger partial charge in [0.05, 0.1) is 11.1 Å². The summed E-state index contributed by atoms with van der Waals surface area (Å²) >= 11 is 0. The molecule has 0 heterocycles. The van der Waals surface area contributed by atoms with Crippen LogP contribution in [0.5, 0.6) is 11.5 Å². The van der Waals surface area contributed by atoms with E-state index in [0.717, 1.165) is 0 Å². The normalized spacial score (nSPS) is 10.2. The molecule has 0 unspecified atom stereocenters. The van der Waals surface area contributed by atoms with Gasteiger partial charge in [0.25, 0.3) is 0 Å². The first-order valence-corrected chi connectivity index (χ1v) is 7.35. The number of hydrogen-bond acceptors (Lipinski definition) is 4. The third-order valence-electron chi connectivity index (χ3n) is 3.47. The van der Waals surface area contributed by atoms with Gasteiger partial charge in [0, 0.05) is 5.56 Å². The van der Waals surface area contributed by atoms with Gasteiger partial charge in [0.15, 0.2) is 5.78 Å². The summed E-state index contributed by atoms with van der Waals surface area (Å²) < 4.78 is 5.28. The van der Waals surface area contributed by atoms with Crippen molar-refractivity contribution in [2.24, 2.45) is 0 Å². The Morgan fingerprint density at radius 2 is 1.33 bits per heavy atom. The number of esters is 1. The maximum Gasteiger partial charge on any atom is 0.343 e. The minimum absolute atomic E-state index is 0.0829. The molecule has 0 amide bonds. The number of phenols is 1.